The van der Waals surface area contributed by atoms with Gasteiger partial charge in [0.05, 0.1) is 5.69 Å². The molecule has 4 N–H and O–H groups in total. The first-order valence-electron chi connectivity index (χ1n) is 4.12. The van der Waals surface area contributed by atoms with E-state index in [9.17, 15) is 8.42 Å². The number of hydrogen-bond acceptors (Lipinski definition) is 5. The summed E-state index contributed by atoms with van der Waals surface area (Å²) in [4.78, 5) is 8.12. The highest BCUT2D eigenvalue weighted by atomic mass is 32.2. The van der Waals surface area contributed by atoms with Crippen LogP contribution in [0.3, 0.4) is 0 Å². The van der Waals surface area contributed by atoms with Crippen molar-refractivity contribution >= 4 is 21.9 Å². The lowest BCUT2D eigenvalue weighted by molar-refractivity contribution is 0.483. The number of nitrogen functional groups attached to an aromatic ring is 1. The van der Waals surface area contributed by atoms with Crippen molar-refractivity contribution in [1.29, 1.82) is 5.41 Å². The number of aryl methyl sites for hydroxylation is 2. The van der Waals surface area contributed by atoms with Crippen molar-refractivity contribution in [3.8, 4) is 0 Å². The molecular weight excluding hydrogens is 232 g/mol. The van der Waals surface area contributed by atoms with Gasteiger partial charge in [-0.2, -0.15) is 8.42 Å². The van der Waals surface area contributed by atoms with E-state index in [1.54, 1.807) is 6.92 Å². The predicted molar refractivity (Wildman–Crippen MR) is 58.6 cm³/mol. The maximum atomic E-state index is 10.8. The van der Waals surface area contributed by atoms with Crippen LogP contribution in [-0.2, 0) is 14.9 Å². The van der Waals surface area contributed by atoms with Crippen LogP contribution in [0.5, 0.6) is 0 Å². The van der Waals surface area contributed by atoms with Crippen molar-refractivity contribution in [3.63, 3.8) is 0 Å². The van der Waals surface area contributed by atoms with Crippen LogP contribution in [0.2, 0.25) is 0 Å². The van der Waals surface area contributed by atoms with Crippen molar-refractivity contribution in [2.75, 3.05) is 5.73 Å². The van der Waals surface area contributed by atoms with E-state index in [2.05, 4.69) is 0 Å². The Morgan fingerprint density at radius 2 is 1.69 bits per heavy atom. The quantitative estimate of drug-likeness (QED) is 0.295. The van der Waals surface area contributed by atoms with E-state index in [0.717, 1.165) is 17.2 Å². The smallest absolute Gasteiger partial charge is 0.296 e. The Morgan fingerprint density at radius 1 is 1.31 bits per heavy atom. The number of nitrogens with two attached hydrogens (primary N) is 1. The Morgan fingerprint density at radius 3 is 2.06 bits per heavy atom. The zero-order valence-corrected chi connectivity index (χ0v) is 9.63. The molecule has 0 fully saturated rings. The first-order chi connectivity index (χ1) is 7.23. The molecule has 0 aliphatic heterocycles. The minimum atomic E-state index is -4.20. The highest BCUT2D eigenvalue weighted by Crippen LogP contribution is 2.21. The van der Waals surface area contributed by atoms with Gasteiger partial charge in [0.1, 0.15) is 4.90 Å². The fourth-order valence-corrected chi connectivity index (χ4v) is 1.72. The van der Waals surface area contributed by atoms with Crippen LogP contribution in [0.15, 0.2) is 17.0 Å². The summed E-state index contributed by atoms with van der Waals surface area (Å²) >= 11 is 0. The Balaban J connectivity index is 0.000000673. The second-order valence-corrected chi connectivity index (χ2v) is 4.44. The van der Waals surface area contributed by atoms with Crippen LogP contribution < -0.4 is 5.73 Å². The summed E-state index contributed by atoms with van der Waals surface area (Å²) < 4.78 is 30.4. The van der Waals surface area contributed by atoms with Crippen molar-refractivity contribution in [2.45, 2.75) is 18.7 Å². The minimum Gasteiger partial charge on any atom is -0.398 e. The van der Waals surface area contributed by atoms with Gasteiger partial charge in [0, 0.05) is 0 Å². The Hall–Kier alpha value is -1.69. The fraction of sp³-hybridized carbons (Fsp3) is 0.222. The van der Waals surface area contributed by atoms with Crippen LogP contribution >= 0.6 is 0 Å². The van der Waals surface area contributed by atoms with Crippen LogP contribution in [-0.4, -0.2) is 19.1 Å². The van der Waals surface area contributed by atoms with Gasteiger partial charge in [-0.3, -0.25) is 4.55 Å². The summed E-state index contributed by atoms with van der Waals surface area (Å²) in [6.45, 7) is 3.57. The van der Waals surface area contributed by atoms with Gasteiger partial charge in [0.15, 0.2) is 0 Å². The molecule has 0 saturated heterocycles. The highest BCUT2D eigenvalue weighted by Gasteiger charge is 2.14. The van der Waals surface area contributed by atoms with Gasteiger partial charge in [0.2, 0.25) is 6.08 Å². The second-order valence-electron chi connectivity index (χ2n) is 3.05. The first-order valence-corrected chi connectivity index (χ1v) is 5.56. The molecule has 0 atom stereocenters. The van der Waals surface area contributed by atoms with E-state index in [1.165, 1.54) is 12.1 Å². The molecule has 1 aromatic rings. The third-order valence-electron chi connectivity index (χ3n) is 1.90. The summed E-state index contributed by atoms with van der Waals surface area (Å²) in [6, 6.07) is 2.89. The number of rotatable bonds is 1. The molecule has 7 heteroatoms. The van der Waals surface area contributed by atoms with Crippen LogP contribution in [0.1, 0.15) is 11.1 Å². The Labute approximate surface area is 93.3 Å². The molecule has 6 nitrogen and oxygen atoms in total. The average Bonchev–Trinajstić information content (AvgIpc) is 2.10. The lowest BCUT2D eigenvalue weighted by Crippen LogP contribution is -2.04. The third kappa shape index (κ3) is 3.82. The summed E-state index contributed by atoms with van der Waals surface area (Å²) in [5.74, 6) is 0. The lowest BCUT2D eigenvalue weighted by Gasteiger charge is -2.06. The molecule has 0 radical (unpaired) electrons. The molecule has 1 aromatic carbocycles. The number of benzene rings is 1. The second kappa shape index (κ2) is 5.41. The molecule has 0 unspecified atom stereocenters. The monoisotopic (exact) mass is 244 g/mol. The molecular formula is C9H12N2O4S. The molecule has 0 amide bonds. The molecule has 0 heterocycles. The number of nitrogens with one attached hydrogen (secondary N) is 1. The third-order valence-corrected chi connectivity index (χ3v) is 2.81. The summed E-state index contributed by atoms with van der Waals surface area (Å²) in [6.07, 6.45) is 0.750. The number of hydrogen-bond donors (Lipinski definition) is 3. The largest absolute Gasteiger partial charge is 0.398 e. The number of carbonyl (C=O) groups excluding carboxylic acids is 1. The summed E-state index contributed by atoms with van der Waals surface area (Å²) in [5.41, 5.74) is 7.18. The highest BCUT2D eigenvalue weighted by molar-refractivity contribution is 7.86. The van der Waals surface area contributed by atoms with Gasteiger partial charge in [-0.15, -0.1) is 0 Å². The van der Waals surface area contributed by atoms with Gasteiger partial charge in [0.25, 0.3) is 10.1 Å². The van der Waals surface area contributed by atoms with E-state index >= 15 is 0 Å². The SMILES string of the molecule is Cc1cc(N)c(S(=O)(=O)O)cc1C.N=C=O. The molecule has 1 rings (SSSR count). The van der Waals surface area contributed by atoms with E-state index in [0.29, 0.717) is 0 Å². The van der Waals surface area contributed by atoms with E-state index in [-0.39, 0.29) is 10.6 Å². The van der Waals surface area contributed by atoms with Gasteiger partial charge >= 0.3 is 0 Å². The average molecular weight is 244 g/mol. The van der Waals surface area contributed by atoms with Crippen molar-refractivity contribution < 1.29 is 17.8 Å². The van der Waals surface area contributed by atoms with E-state index in [1.807, 2.05) is 6.92 Å². The molecule has 0 aliphatic rings. The maximum absolute atomic E-state index is 10.8. The molecule has 0 aromatic heterocycles. The van der Waals surface area contributed by atoms with Crippen molar-refractivity contribution in [2.24, 2.45) is 0 Å². The normalized spacial score (nSPS) is 9.94. The standard InChI is InChI=1S/C8H11NO3S.CHNO/c1-5-3-7(9)8(4-6(5)2)13(10,11)12;2-1-3/h3-4H,9H2,1-2H3,(H,10,11,12);2H. The van der Waals surface area contributed by atoms with Gasteiger partial charge in [-0.05, 0) is 37.1 Å². The molecule has 0 saturated carbocycles. The number of isocyanates is 1. The molecule has 16 heavy (non-hydrogen) atoms. The van der Waals surface area contributed by atoms with Crippen LogP contribution in [0.25, 0.3) is 0 Å². The minimum absolute atomic E-state index is 0.0746. The molecule has 0 bridgehead atoms. The summed E-state index contributed by atoms with van der Waals surface area (Å²) in [7, 11) is -4.20. The first kappa shape index (κ1) is 14.3. The Kier molecular flexibility index (Phi) is 4.84. The van der Waals surface area contributed by atoms with Crippen LogP contribution in [0, 0.1) is 19.3 Å². The zero-order chi connectivity index (χ0) is 12.9. The maximum Gasteiger partial charge on any atom is 0.296 e. The fourth-order valence-electron chi connectivity index (χ4n) is 1.04. The molecule has 88 valence electrons. The van der Waals surface area contributed by atoms with Crippen molar-refractivity contribution in [3.05, 3.63) is 23.3 Å². The van der Waals surface area contributed by atoms with E-state index in [4.69, 9.17) is 20.5 Å². The zero-order valence-electron chi connectivity index (χ0n) is 8.81. The predicted octanol–water partition coefficient (Wildman–Crippen LogP) is 1.03. The topological polar surface area (TPSA) is 121 Å². The van der Waals surface area contributed by atoms with Crippen LogP contribution in [0.4, 0.5) is 5.69 Å². The van der Waals surface area contributed by atoms with Gasteiger partial charge < -0.3 is 5.73 Å². The number of anilines is 1. The lowest BCUT2D eigenvalue weighted by atomic mass is 10.1. The van der Waals surface area contributed by atoms with E-state index < -0.39 is 10.1 Å². The van der Waals surface area contributed by atoms with Crippen molar-refractivity contribution in [1.82, 2.24) is 0 Å². The van der Waals surface area contributed by atoms with Gasteiger partial charge in [-0.25, -0.2) is 10.2 Å². The van der Waals surface area contributed by atoms with Gasteiger partial charge in [-0.1, -0.05) is 0 Å². The molecule has 0 aliphatic carbocycles. The Bertz CT molecular complexity index is 517. The summed E-state index contributed by atoms with van der Waals surface area (Å²) in [5, 5.41) is 5.40. The molecule has 0 spiro atoms.